The van der Waals surface area contributed by atoms with Crippen molar-refractivity contribution < 1.29 is 4.39 Å². The zero-order valence-corrected chi connectivity index (χ0v) is 6.39. The van der Waals surface area contributed by atoms with Gasteiger partial charge in [-0.3, -0.25) is 0 Å². The third-order valence-electron chi connectivity index (χ3n) is 1.60. The number of hydrogen-bond acceptors (Lipinski definition) is 1. The first-order valence-electron chi connectivity index (χ1n) is 3.75. The molecule has 60 valence electrons. The normalized spacial score (nSPS) is 17.3. The van der Waals surface area contributed by atoms with Crippen LogP contribution in [0.15, 0.2) is 35.7 Å². The Morgan fingerprint density at radius 2 is 2.27 bits per heavy atom. The van der Waals surface area contributed by atoms with Crippen molar-refractivity contribution in [3.63, 3.8) is 0 Å². The Balaban J connectivity index is 2.72. The first-order chi connectivity index (χ1) is 5.34. The third kappa shape index (κ3) is 2.31. The van der Waals surface area contributed by atoms with Crippen LogP contribution in [0.25, 0.3) is 0 Å². The maximum atomic E-state index is 13.0. The van der Waals surface area contributed by atoms with Gasteiger partial charge in [0.15, 0.2) is 0 Å². The molecule has 0 aromatic rings. The first kappa shape index (κ1) is 8.21. The van der Waals surface area contributed by atoms with E-state index in [-0.39, 0.29) is 5.83 Å². The van der Waals surface area contributed by atoms with Crippen LogP contribution in [0.4, 0.5) is 4.39 Å². The van der Waals surface area contributed by atoms with Crippen molar-refractivity contribution in [1.29, 1.82) is 0 Å². The summed E-state index contributed by atoms with van der Waals surface area (Å²) in [6.07, 6.45) is 8.31. The van der Waals surface area contributed by atoms with Gasteiger partial charge in [0.2, 0.25) is 0 Å². The van der Waals surface area contributed by atoms with Crippen LogP contribution in [0.3, 0.4) is 0 Å². The van der Waals surface area contributed by atoms with Gasteiger partial charge in [-0.2, -0.15) is 0 Å². The van der Waals surface area contributed by atoms with Gasteiger partial charge < -0.3 is 5.73 Å². The predicted molar refractivity (Wildman–Crippen MR) is 44.7 cm³/mol. The molecule has 0 aromatic carbocycles. The minimum Gasteiger partial charge on any atom is -0.330 e. The molecule has 0 atom stereocenters. The zero-order chi connectivity index (χ0) is 8.10. The lowest BCUT2D eigenvalue weighted by Crippen LogP contribution is -2.00. The van der Waals surface area contributed by atoms with Crippen LogP contribution >= 0.6 is 0 Å². The molecule has 2 heteroatoms. The topological polar surface area (TPSA) is 26.0 Å². The number of halogens is 1. The van der Waals surface area contributed by atoms with Crippen molar-refractivity contribution in [1.82, 2.24) is 0 Å². The van der Waals surface area contributed by atoms with Crippen molar-refractivity contribution in [2.24, 2.45) is 5.73 Å². The molecule has 11 heavy (non-hydrogen) atoms. The Labute approximate surface area is 66.1 Å². The van der Waals surface area contributed by atoms with E-state index in [1.54, 1.807) is 12.2 Å². The molecule has 2 N–H and O–H groups in total. The second-order valence-electron chi connectivity index (χ2n) is 2.46. The van der Waals surface area contributed by atoms with Gasteiger partial charge in [-0.15, -0.1) is 0 Å². The van der Waals surface area contributed by atoms with Crippen LogP contribution in [0.5, 0.6) is 0 Å². The Morgan fingerprint density at radius 1 is 1.45 bits per heavy atom. The molecule has 0 amide bonds. The standard InChI is InChI=1S/C9H12FN/c10-9-5-3-1-2-4-8(9)6-7-11/h1-4H,5-7,11H2. The summed E-state index contributed by atoms with van der Waals surface area (Å²) in [6.45, 7) is 0.507. The fourth-order valence-corrected chi connectivity index (χ4v) is 1.02. The predicted octanol–water partition coefficient (Wildman–Crippen LogP) is 2.07. The zero-order valence-electron chi connectivity index (χ0n) is 6.39. The maximum Gasteiger partial charge on any atom is 0.107 e. The van der Waals surface area contributed by atoms with E-state index in [0.717, 1.165) is 5.57 Å². The minimum absolute atomic E-state index is 0.0551. The van der Waals surface area contributed by atoms with E-state index in [2.05, 4.69) is 0 Å². The number of hydrogen-bond donors (Lipinski definition) is 1. The average Bonchev–Trinajstić information content (AvgIpc) is 2.18. The Kier molecular flexibility index (Phi) is 3.05. The summed E-state index contributed by atoms with van der Waals surface area (Å²) in [5.41, 5.74) is 6.05. The fourth-order valence-electron chi connectivity index (χ4n) is 1.02. The number of allylic oxidation sites excluding steroid dienone is 5. The monoisotopic (exact) mass is 153 g/mol. The van der Waals surface area contributed by atoms with Crippen molar-refractivity contribution in [2.45, 2.75) is 12.8 Å². The summed E-state index contributed by atoms with van der Waals surface area (Å²) in [7, 11) is 0. The minimum atomic E-state index is -0.0551. The van der Waals surface area contributed by atoms with Crippen LogP contribution in [0.1, 0.15) is 12.8 Å². The molecule has 1 aliphatic rings. The van der Waals surface area contributed by atoms with Gasteiger partial charge in [0.05, 0.1) is 0 Å². The molecule has 1 nitrogen and oxygen atoms in total. The molecule has 0 saturated carbocycles. The lowest BCUT2D eigenvalue weighted by molar-refractivity contribution is 0.603. The van der Waals surface area contributed by atoms with E-state index in [4.69, 9.17) is 5.73 Å². The first-order valence-corrected chi connectivity index (χ1v) is 3.75. The maximum absolute atomic E-state index is 13.0. The van der Waals surface area contributed by atoms with Crippen LogP contribution in [0.2, 0.25) is 0 Å². The largest absolute Gasteiger partial charge is 0.330 e. The molecular formula is C9H12FN. The number of nitrogens with two attached hydrogens (primary N) is 1. The molecule has 0 heterocycles. The molecule has 0 spiro atoms. The van der Waals surface area contributed by atoms with Crippen molar-refractivity contribution >= 4 is 0 Å². The van der Waals surface area contributed by atoms with E-state index < -0.39 is 0 Å². The van der Waals surface area contributed by atoms with E-state index in [1.165, 1.54) is 0 Å². The average molecular weight is 153 g/mol. The molecule has 0 aliphatic heterocycles. The summed E-state index contributed by atoms with van der Waals surface area (Å²) in [5, 5.41) is 0. The molecule has 0 aromatic heterocycles. The number of rotatable bonds is 2. The van der Waals surface area contributed by atoms with Crippen LogP contribution in [-0.2, 0) is 0 Å². The van der Waals surface area contributed by atoms with Crippen molar-refractivity contribution in [3.05, 3.63) is 35.7 Å². The van der Waals surface area contributed by atoms with Gasteiger partial charge >= 0.3 is 0 Å². The molecular weight excluding hydrogens is 141 g/mol. The van der Waals surface area contributed by atoms with Gasteiger partial charge in [0.25, 0.3) is 0 Å². The van der Waals surface area contributed by atoms with E-state index in [9.17, 15) is 4.39 Å². The third-order valence-corrected chi connectivity index (χ3v) is 1.60. The molecule has 0 fully saturated rings. The van der Waals surface area contributed by atoms with E-state index >= 15 is 0 Å². The van der Waals surface area contributed by atoms with Crippen LogP contribution in [-0.4, -0.2) is 6.54 Å². The van der Waals surface area contributed by atoms with Crippen molar-refractivity contribution in [2.75, 3.05) is 6.54 Å². The summed E-state index contributed by atoms with van der Waals surface area (Å²) < 4.78 is 13.0. The lowest BCUT2D eigenvalue weighted by atomic mass is 10.1. The summed E-state index contributed by atoms with van der Waals surface area (Å²) in [6, 6.07) is 0. The molecule has 0 radical (unpaired) electrons. The van der Waals surface area contributed by atoms with Gasteiger partial charge in [0, 0.05) is 6.42 Å². The SMILES string of the molecule is NCCC1=C(F)CC=CC=C1. The smallest absolute Gasteiger partial charge is 0.107 e. The van der Waals surface area contributed by atoms with E-state index in [0.29, 0.717) is 19.4 Å². The summed E-state index contributed by atoms with van der Waals surface area (Å²) in [4.78, 5) is 0. The van der Waals surface area contributed by atoms with Crippen LogP contribution < -0.4 is 5.73 Å². The van der Waals surface area contributed by atoms with Gasteiger partial charge in [0.1, 0.15) is 5.83 Å². The second-order valence-corrected chi connectivity index (χ2v) is 2.46. The van der Waals surface area contributed by atoms with Crippen LogP contribution in [0, 0.1) is 0 Å². The highest BCUT2D eigenvalue weighted by atomic mass is 19.1. The van der Waals surface area contributed by atoms with Crippen molar-refractivity contribution in [3.8, 4) is 0 Å². The Hall–Kier alpha value is -0.890. The van der Waals surface area contributed by atoms with Gasteiger partial charge in [-0.1, -0.05) is 24.3 Å². The van der Waals surface area contributed by atoms with E-state index in [1.807, 2.05) is 12.2 Å². The fraction of sp³-hybridized carbons (Fsp3) is 0.333. The lowest BCUT2D eigenvalue weighted by Gasteiger charge is -1.99. The van der Waals surface area contributed by atoms with Gasteiger partial charge in [-0.25, -0.2) is 4.39 Å². The molecule has 1 rings (SSSR count). The second kappa shape index (κ2) is 4.09. The highest BCUT2D eigenvalue weighted by Gasteiger charge is 2.02. The molecule has 0 unspecified atom stereocenters. The van der Waals surface area contributed by atoms with Gasteiger partial charge in [-0.05, 0) is 18.5 Å². The highest BCUT2D eigenvalue weighted by Crippen LogP contribution is 2.17. The molecule has 1 aliphatic carbocycles. The highest BCUT2D eigenvalue weighted by molar-refractivity contribution is 5.29. The summed E-state index contributed by atoms with van der Waals surface area (Å²) >= 11 is 0. The summed E-state index contributed by atoms with van der Waals surface area (Å²) in [5.74, 6) is -0.0551. The molecule has 0 bridgehead atoms. The Bertz CT molecular complexity index is 214. The Morgan fingerprint density at radius 3 is 3.00 bits per heavy atom. The molecule has 0 saturated heterocycles. The quantitative estimate of drug-likeness (QED) is 0.645.